The Bertz CT molecular complexity index is 1100. The van der Waals surface area contributed by atoms with Gasteiger partial charge in [0.05, 0.1) is 0 Å². The molecule has 0 fully saturated rings. The molecule has 5 N–H and O–H groups in total. The highest BCUT2D eigenvalue weighted by Crippen LogP contribution is 2.37. The first-order chi connectivity index (χ1) is 12.0. The molecule has 0 aliphatic carbocycles. The van der Waals surface area contributed by atoms with E-state index in [1.54, 1.807) is 12.1 Å². The van der Waals surface area contributed by atoms with Crippen LogP contribution in [0.4, 0.5) is 0 Å². The fourth-order valence-electron chi connectivity index (χ4n) is 2.93. The second kappa shape index (κ2) is 5.49. The Morgan fingerprint density at radius 3 is 1.80 bits per heavy atom. The van der Waals surface area contributed by atoms with Gasteiger partial charge in [0.2, 0.25) is 0 Å². The second-order valence-corrected chi connectivity index (χ2v) is 5.87. The van der Waals surface area contributed by atoms with E-state index in [2.05, 4.69) is 4.98 Å². The number of fused-ring (bicyclic) bond motifs is 1. The number of phenolic OH excluding ortho intramolecular Hbond substituents is 4. The summed E-state index contributed by atoms with van der Waals surface area (Å²) in [6.45, 7) is 0. The van der Waals surface area contributed by atoms with Crippen molar-refractivity contribution in [2.45, 2.75) is 0 Å². The minimum atomic E-state index is -0.175. The van der Waals surface area contributed by atoms with Gasteiger partial charge >= 0.3 is 0 Å². The predicted octanol–water partition coefficient (Wildman–Crippen LogP) is 4.32. The molecule has 4 aromatic rings. The van der Waals surface area contributed by atoms with E-state index in [0.717, 1.165) is 33.2 Å². The Morgan fingerprint density at radius 2 is 1.12 bits per heavy atom. The molecule has 0 spiro atoms. The maximum absolute atomic E-state index is 9.75. The van der Waals surface area contributed by atoms with Crippen LogP contribution < -0.4 is 0 Å². The van der Waals surface area contributed by atoms with Gasteiger partial charge in [-0.25, -0.2) is 0 Å². The quantitative estimate of drug-likeness (QED) is 0.353. The van der Waals surface area contributed by atoms with Gasteiger partial charge in [-0.05, 0) is 53.1 Å². The van der Waals surface area contributed by atoms with Crippen LogP contribution in [0, 0.1) is 0 Å². The van der Waals surface area contributed by atoms with Gasteiger partial charge in [-0.3, -0.25) is 0 Å². The number of phenols is 4. The minimum absolute atomic E-state index is 0.160. The first kappa shape index (κ1) is 15.0. The first-order valence-electron chi connectivity index (χ1n) is 7.69. The zero-order chi connectivity index (χ0) is 17.6. The molecular weight excluding hydrogens is 318 g/mol. The van der Waals surface area contributed by atoms with Gasteiger partial charge in [-0.1, -0.05) is 18.2 Å². The normalized spacial score (nSPS) is 11.0. The van der Waals surface area contributed by atoms with Crippen LogP contribution >= 0.6 is 0 Å². The largest absolute Gasteiger partial charge is 0.504 e. The van der Waals surface area contributed by atoms with Crippen molar-refractivity contribution in [1.82, 2.24) is 4.98 Å². The highest BCUT2D eigenvalue weighted by Gasteiger charge is 2.11. The number of hydrogen-bond acceptors (Lipinski definition) is 4. The monoisotopic (exact) mass is 333 g/mol. The van der Waals surface area contributed by atoms with Crippen LogP contribution in [0.2, 0.25) is 0 Å². The number of aromatic amines is 1. The molecule has 1 heterocycles. The van der Waals surface area contributed by atoms with Gasteiger partial charge in [0, 0.05) is 22.7 Å². The Kier molecular flexibility index (Phi) is 3.28. The van der Waals surface area contributed by atoms with E-state index in [1.165, 1.54) is 24.3 Å². The highest BCUT2D eigenvalue weighted by molar-refractivity contribution is 5.98. The number of nitrogens with one attached hydrogen (secondary N) is 1. The Balaban J connectivity index is 1.87. The van der Waals surface area contributed by atoms with Crippen LogP contribution in [-0.2, 0) is 0 Å². The summed E-state index contributed by atoms with van der Waals surface area (Å²) >= 11 is 0. The smallest absolute Gasteiger partial charge is 0.158 e. The van der Waals surface area contributed by atoms with Gasteiger partial charge in [-0.2, -0.15) is 0 Å². The molecule has 0 aliphatic heterocycles. The number of hydrogen-bond donors (Lipinski definition) is 5. The third kappa shape index (κ3) is 2.52. The standard InChI is InChI=1S/C20H15NO4/c22-17-5-2-12(8-19(17)24)11-1-4-16-14(7-11)15(10-21-16)13-3-6-18(23)20(25)9-13/h1-10,21-25H. The van der Waals surface area contributed by atoms with E-state index >= 15 is 0 Å². The van der Waals surface area contributed by atoms with E-state index in [1.807, 2.05) is 24.4 Å². The fourth-order valence-corrected chi connectivity index (χ4v) is 2.93. The summed E-state index contributed by atoms with van der Waals surface area (Å²) in [6, 6.07) is 15.2. The number of benzene rings is 3. The lowest BCUT2D eigenvalue weighted by Crippen LogP contribution is -1.80. The average Bonchev–Trinajstić information content (AvgIpc) is 3.03. The summed E-state index contributed by atoms with van der Waals surface area (Å²) in [7, 11) is 0. The van der Waals surface area contributed by atoms with E-state index in [-0.39, 0.29) is 23.0 Å². The first-order valence-corrected chi connectivity index (χ1v) is 7.69. The molecule has 5 nitrogen and oxygen atoms in total. The zero-order valence-corrected chi connectivity index (χ0v) is 13.1. The van der Waals surface area contributed by atoms with Crippen molar-refractivity contribution in [1.29, 1.82) is 0 Å². The lowest BCUT2D eigenvalue weighted by atomic mass is 9.99. The molecule has 3 aromatic carbocycles. The summed E-state index contributed by atoms with van der Waals surface area (Å²) in [5, 5.41) is 39.4. The maximum Gasteiger partial charge on any atom is 0.158 e. The van der Waals surface area contributed by atoms with E-state index in [0.29, 0.717) is 0 Å². The lowest BCUT2D eigenvalue weighted by molar-refractivity contribution is 0.404. The summed E-state index contributed by atoms with van der Waals surface area (Å²) in [6.07, 6.45) is 1.84. The predicted molar refractivity (Wildman–Crippen MR) is 95.8 cm³/mol. The Labute approximate surface area is 143 Å². The number of rotatable bonds is 2. The molecule has 4 rings (SSSR count). The van der Waals surface area contributed by atoms with Crippen LogP contribution in [-0.4, -0.2) is 25.4 Å². The van der Waals surface area contributed by atoms with Gasteiger partial charge in [-0.15, -0.1) is 0 Å². The van der Waals surface area contributed by atoms with Crippen molar-refractivity contribution in [3.63, 3.8) is 0 Å². The Hall–Kier alpha value is -3.60. The maximum atomic E-state index is 9.75. The molecule has 0 bridgehead atoms. The van der Waals surface area contributed by atoms with Gasteiger partial charge in [0.1, 0.15) is 0 Å². The van der Waals surface area contributed by atoms with Crippen molar-refractivity contribution < 1.29 is 20.4 Å². The number of H-pyrrole nitrogens is 1. The average molecular weight is 333 g/mol. The summed E-state index contributed by atoms with van der Waals surface area (Å²) in [5.74, 6) is -0.669. The van der Waals surface area contributed by atoms with Crippen molar-refractivity contribution in [3.05, 3.63) is 60.8 Å². The summed E-state index contributed by atoms with van der Waals surface area (Å²) in [5.41, 5.74) is 4.24. The second-order valence-electron chi connectivity index (χ2n) is 5.87. The summed E-state index contributed by atoms with van der Waals surface area (Å²) < 4.78 is 0. The van der Waals surface area contributed by atoms with Crippen LogP contribution in [0.3, 0.4) is 0 Å². The molecule has 5 heteroatoms. The lowest BCUT2D eigenvalue weighted by Gasteiger charge is -2.06. The van der Waals surface area contributed by atoms with Crippen molar-refractivity contribution in [2.24, 2.45) is 0 Å². The van der Waals surface area contributed by atoms with E-state index in [4.69, 9.17) is 0 Å². The molecule has 25 heavy (non-hydrogen) atoms. The third-order valence-electron chi connectivity index (χ3n) is 4.28. The molecule has 0 saturated carbocycles. The number of aromatic nitrogens is 1. The minimum Gasteiger partial charge on any atom is -0.504 e. The topological polar surface area (TPSA) is 96.7 Å². The third-order valence-corrected chi connectivity index (χ3v) is 4.28. The van der Waals surface area contributed by atoms with Crippen molar-refractivity contribution in [2.75, 3.05) is 0 Å². The number of aromatic hydroxyl groups is 4. The van der Waals surface area contributed by atoms with Gasteiger partial charge in [0.15, 0.2) is 23.0 Å². The molecule has 0 saturated heterocycles. The molecule has 0 radical (unpaired) electrons. The Morgan fingerprint density at radius 1 is 0.560 bits per heavy atom. The molecule has 124 valence electrons. The molecule has 0 atom stereocenters. The van der Waals surface area contributed by atoms with Gasteiger partial charge in [0.25, 0.3) is 0 Å². The van der Waals surface area contributed by atoms with Crippen LogP contribution in [0.25, 0.3) is 33.2 Å². The zero-order valence-electron chi connectivity index (χ0n) is 13.1. The van der Waals surface area contributed by atoms with E-state index < -0.39 is 0 Å². The van der Waals surface area contributed by atoms with Crippen LogP contribution in [0.15, 0.2) is 60.8 Å². The fraction of sp³-hybridized carbons (Fsp3) is 0. The molecule has 1 aromatic heterocycles. The molecule has 0 aliphatic rings. The van der Waals surface area contributed by atoms with Crippen molar-refractivity contribution in [3.8, 4) is 45.3 Å². The highest BCUT2D eigenvalue weighted by atomic mass is 16.3. The molecule has 0 unspecified atom stereocenters. The SMILES string of the molecule is Oc1ccc(-c2ccc3[nH]cc(-c4ccc(O)c(O)c4)c3c2)cc1O. The molecule has 0 amide bonds. The van der Waals surface area contributed by atoms with Crippen molar-refractivity contribution >= 4 is 10.9 Å². The van der Waals surface area contributed by atoms with E-state index in [9.17, 15) is 20.4 Å². The van der Waals surface area contributed by atoms with Gasteiger partial charge < -0.3 is 25.4 Å². The van der Waals surface area contributed by atoms with Crippen LogP contribution in [0.5, 0.6) is 23.0 Å². The van der Waals surface area contributed by atoms with Crippen LogP contribution in [0.1, 0.15) is 0 Å². The summed E-state index contributed by atoms with van der Waals surface area (Å²) in [4.78, 5) is 3.19. The molecular formula is C20H15NO4.